The molecule has 0 fully saturated rings. The molecule has 0 N–H and O–H groups in total. The molecule has 0 amide bonds. The standard InChI is InChI=1S/C12H16Cl2N2O2S/c1-3-5-6-8(11(17)18-4-2)19-12-15-9(13)7-10(14)16-12/h7-8H,3-6H2,1-2H3/t8-/m0/s1. The molecule has 0 radical (unpaired) electrons. The lowest BCUT2D eigenvalue weighted by Gasteiger charge is -2.13. The van der Waals surface area contributed by atoms with E-state index in [-0.39, 0.29) is 21.5 Å². The second-order valence-electron chi connectivity index (χ2n) is 3.80. The van der Waals surface area contributed by atoms with Gasteiger partial charge in [0.05, 0.1) is 6.61 Å². The second-order valence-corrected chi connectivity index (χ2v) is 5.74. The Hall–Kier alpha value is -0.520. The Morgan fingerprint density at radius 1 is 1.37 bits per heavy atom. The third kappa shape index (κ3) is 5.97. The van der Waals surface area contributed by atoms with Crippen LogP contribution in [0.1, 0.15) is 33.1 Å². The third-order valence-corrected chi connectivity index (χ3v) is 3.75. The summed E-state index contributed by atoms with van der Waals surface area (Å²) in [7, 11) is 0. The molecule has 7 heteroatoms. The number of nitrogens with zero attached hydrogens (tertiary/aromatic N) is 2. The smallest absolute Gasteiger partial charge is 0.319 e. The van der Waals surface area contributed by atoms with Crippen molar-refractivity contribution in [3.05, 3.63) is 16.4 Å². The van der Waals surface area contributed by atoms with Crippen molar-refractivity contribution in [2.45, 2.75) is 43.5 Å². The van der Waals surface area contributed by atoms with Gasteiger partial charge in [0.15, 0.2) is 5.16 Å². The highest BCUT2D eigenvalue weighted by atomic mass is 35.5. The van der Waals surface area contributed by atoms with E-state index in [1.54, 1.807) is 6.92 Å². The number of carbonyl (C=O) groups is 1. The summed E-state index contributed by atoms with van der Waals surface area (Å²) >= 11 is 12.9. The first kappa shape index (κ1) is 16.5. The van der Waals surface area contributed by atoms with Crippen molar-refractivity contribution in [2.24, 2.45) is 0 Å². The molecule has 1 rings (SSSR count). The van der Waals surface area contributed by atoms with Crippen LogP contribution in [0.15, 0.2) is 11.2 Å². The predicted molar refractivity (Wildman–Crippen MR) is 77.9 cm³/mol. The van der Waals surface area contributed by atoms with Gasteiger partial charge < -0.3 is 4.74 Å². The summed E-state index contributed by atoms with van der Waals surface area (Å²) in [5.74, 6) is -0.249. The summed E-state index contributed by atoms with van der Waals surface area (Å²) in [6.07, 6.45) is 2.66. The van der Waals surface area contributed by atoms with Crippen LogP contribution < -0.4 is 0 Å². The fourth-order valence-corrected chi connectivity index (χ4v) is 2.93. The zero-order valence-electron chi connectivity index (χ0n) is 10.9. The Bertz CT molecular complexity index is 412. The molecule has 0 saturated carbocycles. The number of thioether (sulfide) groups is 1. The molecule has 0 saturated heterocycles. The lowest BCUT2D eigenvalue weighted by molar-refractivity contribution is -0.142. The Morgan fingerprint density at radius 2 is 2.00 bits per heavy atom. The first-order valence-electron chi connectivity index (χ1n) is 6.10. The molecule has 1 heterocycles. The van der Waals surface area contributed by atoms with Gasteiger partial charge in [-0.3, -0.25) is 4.79 Å². The summed E-state index contributed by atoms with van der Waals surface area (Å²) in [5.41, 5.74) is 0. The first-order chi connectivity index (χ1) is 9.06. The minimum atomic E-state index is -0.325. The molecule has 4 nitrogen and oxygen atoms in total. The van der Waals surface area contributed by atoms with Crippen molar-refractivity contribution in [3.63, 3.8) is 0 Å². The van der Waals surface area contributed by atoms with Gasteiger partial charge in [0.2, 0.25) is 0 Å². The molecule has 1 aromatic rings. The lowest BCUT2D eigenvalue weighted by atomic mass is 10.2. The maximum absolute atomic E-state index is 11.9. The van der Waals surface area contributed by atoms with Crippen LogP contribution in [0, 0.1) is 0 Å². The zero-order chi connectivity index (χ0) is 14.3. The topological polar surface area (TPSA) is 52.1 Å². The molecule has 0 aliphatic rings. The van der Waals surface area contributed by atoms with Crippen molar-refractivity contribution in [3.8, 4) is 0 Å². The SMILES string of the molecule is CCCC[C@H](Sc1nc(Cl)cc(Cl)n1)C(=O)OCC. The van der Waals surface area contributed by atoms with Gasteiger partial charge in [-0.25, -0.2) is 9.97 Å². The summed E-state index contributed by atoms with van der Waals surface area (Å²) in [4.78, 5) is 20.0. The van der Waals surface area contributed by atoms with Crippen LogP contribution >= 0.6 is 35.0 Å². The molecule has 0 aliphatic heterocycles. The molecule has 0 aromatic carbocycles. The van der Waals surface area contributed by atoms with Crippen LogP contribution in [-0.2, 0) is 9.53 Å². The molecule has 1 aromatic heterocycles. The summed E-state index contributed by atoms with van der Waals surface area (Å²) in [5, 5.41) is 0.599. The van der Waals surface area contributed by atoms with Gasteiger partial charge in [0.1, 0.15) is 15.6 Å². The molecule has 0 spiro atoms. The number of aromatic nitrogens is 2. The average molecular weight is 323 g/mol. The Kier molecular flexibility index (Phi) is 7.49. The van der Waals surface area contributed by atoms with E-state index in [2.05, 4.69) is 16.9 Å². The largest absolute Gasteiger partial charge is 0.465 e. The second kappa shape index (κ2) is 8.61. The summed E-state index contributed by atoms with van der Waals surface area (Å²) < 4.78 is 5.05. The molecule has 19 heavy (non-hydrogen) atoms. The minimum Gasteiger partial charge on any atom is -0.465 e. The predicted octanol–water partition coefficient (Wildman–Crippen LogP) is 4.00. The molecule has 106 valence electrons. The fourth-order valence-electron chi connectivity index (χ4n) is 1.40. The van der Waals surface area contributed by atoms with E-state index >= 15 is 0 Å². The maximum atomic E-state index is 11.9. The highest BCUT2D eigenvalue weighted by Crippen LogP contribution is 2.27. The van der Waals surface area contributed by atoms with Crippen LogP contribution in [0.4, 0.5) is 0 Å². The van der Waals surface area contributed by atoms with Gasteiger partial charge in [-0.1, -0.05) is 54.7 Å². The number of carbonyl (C=O) groups excluding carboxylic acids is 1. The Morgan fingerprint density at radius 3 is 2.53 bits per heavy atom. The van der Waals surface area contributed by atoms with Crippen LogP contribution in [0.25, 0.3) is 0 Å². The summed E-state index contributed by atoms with van der Waals surface area (Å²) in [6, 6.07) is 1.46. The Balaban J connectivity index is 2.77. The van der Waals surface area contributed by atoms with Gasteiger partial charge in [-0.05, 0) is 13.3 Å². The van der Waals surface area contributed by atoms with E-state index in [4.69, 9.17) is 27.9 Å². The fraction of sp³-hybridized carbons (Fsp3) is 0.583. The van der Waals surface area contributed by atoms with Crippen molar-refractivity contribution >= 4 is 40.9 Å². The van der Waals surface area contributed by atoms with E-state index < -0.39 is 0 Å². The van der Waals surface area contributed by atoms with Gasteiger partial charge in [-0.2, -0.15) is 0 Å². The normalized spacial score (nSPS) is 12.2. The van der Waals surface area contributed by atoms with Gasteiger partial charge in [0, 0.05) is 6.07 Å². The molecule has 1 atom stereocenters. The van der Waals surface area contributed by atoms with Gasteiger partial charge >= 0.3 is 5.97 Å². The van der Waals surface area contributed by atoms with Crippen molar-refractivity contribution in [1.82, 2.24) is 9.97 Å². The zero-order valence-corrected chi connectivity index (χ0v) is 13.2. The molecule has 0 bridgehead atoms. The highest BCUT2D eigenvalue weighted by molar-refractivity contribution is 8.00. The van der Waals surface area contributed by atoms with Gasteiger partial charge in [0.25, 0.3) is 0 Å². The molecular weight excluding hydrogens is 307 g/mol. The maximum Gasteiger partial charge on any atom is 0.319 e. The van der Waals surface area contributed by atoms with E-state index in [0.717, 1.165) is 12.8 Å². The van der Waals surface area contributed by atoms with Crippen LogP contribution in [0.2, 0.25) is 10.3 Å². The number of rotatable bonds is 7. The van der Waals surface area contributed by atoms with Crippen LogP contribution in [0.3, 0.4) is 0 Å². The number of esters is 1. The quantitative estimate of drug-likeness (QED) is 0.329. The summed E-state index contributed by atoms with van der Waals surface area (Å²) in [6.45, 7) is 4.21. The van der Waals surface area contributed by atoms with E-state index in [0.29, 0.717) is 18.2 Å². The first-order valence-corrected chi connectivity index (χ1v) is 7.73. The molecule has 0 unspecified atom stereocenters. The molecule has 0 aliphatic carbocycles. The van der Waals surface area contributed by atoms with Crippen molar-refractivity contribution in [2.75, 3.05) is 6.61 Å². The monoisotopic (exact) mass is 322 g/mol. The van der Waals surface area contributed by atoms with Crippen LogP contribution in [0.5, 0.6) is 0 Å². The number of ether oxygens (including phenoxy) is 1. The third-order valence-electron chi connectivity index (χ3n) is 2.26. The number of hydrogen-bond donors (Lipinski definition) is 0. The Labute approximate surface area is 127 Å². The van der Waals surface area contributed by atoms with Crippen molar-refractivity contribution < 1.29 is 9.53 Å². The average Bonchev–Trinajstić information content (AvgIpc) is 2.33. The van der Waals surface area contributed by atoms with E-state index in [1.807, 2.05) is 0 Å². The van der Waals surface area contributed by atoms with Crippen LogP contribution in [-0.4, -0.2) is 27.8 Å². The van der Waals surface area contributed by atoms with Crippen molar-refractivity contribution in [1.29, 1.82) is 0 Å². The van der Waals surface area contributed by atoms with E-state index in [9.17, 15) is 4.79 Å². The number of halogens is 2. The van der Waals surface area contributed by atoms with Gasteiger partial charge in [-0.15, -0.1) is 0 Å². The highest BCUT2D eigenvalue weighted by Gasteiger charge is 2.22. The molecular formula is C12H16Cl2N2O2S. The lowest BCUT2D eigenvalue weighted by Crippen LogP contribution is -2.20. The van der Waals surface area contributed by atoms with E-state index in [1.165, 1.54) is 17.8 Å². The number of hydrogen-bond acceptors (Lipinski definition) is 5. The minimum absolute atomic E-state index is 0.249. The number of unbranched alkanes of at least 4 members (excludes halogenated alkanes) is 1.